The van der Waals surface area contributed by atoms with Crippen molar-refractivity contribution in [3.05, 3.63) is 0 Å². The minimum atomic E-state index is -1.04. The molecule has 0 bridgehead atoms. The van der Waals surface area contributed by atoms with E-state index in [9.17, 15) is 20.4 Å². The lowest BCUT2D eigenvalue weighted by Gasteiger charge is -2.47. The fourth-order valence-corrected chi connectivity index (χ4v) is 3.64. The van der Waals surface area contributed by atoms with Crippen molar-refractivity contribution in [1.82, 2.24) is 0 Å². The molecule has 9 heteroatoms. The second-order valence-electron chi connectivity index (χ2n) is 6.72. The molecule has 1 heterocycles. The van der Waals surface area contributed by atoms with Crippen LogP contribution in [-0.4, -0.2) is 95.6 Å². The van der Waals surface area contributed by atoms with Gasteiger partial charge in [-0.2, -0.15) is 0 Å². The fraction of sp³-hybridized carbons (Fsp3) is 1.00. The minimum Gasteiger partial charge on any atom is -0.396 e. The van der Waals surface area contributed by atoms with E-state index in [-0.39, 0.29) is 19.1 Å². The van der Waals surface area contributed by atoms with Crippen molar-refractivity contribution in [2.75, 3.05) is 20.3 Å². The van der Waals surface area contributed by atoms with E-state index in [1.165, 1.54) is 7.11 Å². The lowest BCUT2D eigenvalue weighted by atomic mass is 9.79. The van der Waals surface area contributed by atoms with Gasteiger partial charge in [-0.05, 0) is 13.3 Å². The van der Waals surface area contributed by atoms with Gasteiger partial charge in [-0.25, -0.2) is 0 Å². The Bertz CT molecular complexity index is 398. The van der Waals surface area contributed by atoms with Gasteiger partial charge in [-0.3, -0.25) is 0 Å². The summed E-state index contributed by atoms with van der Waals surface area (Å²) in [4.78, 5) is 0. The number of aliphatic hydroxyl groups excluding tert-OH is 4. The van der Waals surface area contributed by atoms with Crippen LogP contribution >= 0.6 is 0 Å². The Kier molecular flexibility index (Phi) is 6.94. The molecule has 2 aliphatic rings. The van der Waals surface area contributed by atoms with Gasteiger partial charge in [0, 0.05) is 19.6 Å². The molecule has 142 valence electrons. The van der Waals surface area contributed by atoms with Crippen LogP contribution in [0.1, 0.15) is 13.3 Å². The normalized spacial score (nSPS) is 50.0. The van der Waals surface area contributed by atoms with Gasteiger partial charge in [0.1, 0.15) is 18.3 Å². The molecule has 0 amide bonds. The third kappa shape index (κ3) is 3.74. The minimum absolute atomic E-state index is 0.189. The number of hydrogen-bond acceptors (Lipinski definition) is 9. The van der Waals surface area contributed by atoms with Crippen molar-refractivity contribution in [1.29, 1.82) is 0 Å². The molecule has 0 aromatic rings. The van der Waals surface area contributed by atoms with E-state index in [2.05, 4.69) is 0 Å². The molecule has 1 saturated carbocycles. The van der Waals surface area contributed by atoms with Gasteiger partial charge in [0.05, 0.1) is 43.1 Å². The molecule has 10 atom stereocenters. The molecule has 0 aromatic carbocycles. The van der Waals surface area contributed by atoms with Crippen LogP contribution in [0.25, 0.3) is 0 Å². The zero-order chi connectivity index (χ0) is 18.0. The van der Waals surface area contributed by atoms with E-state index in [1.807, 2.05) is 0 Å². The Morgan fingerprint density at radius 3 is 2.21 bits per heavy atom. The number of aliphatic hydroxyl groups is 4. The molecular weight excluding hydrogens is 320 g/mol. The third-order valence-corrected chi connectivity index (χ3v) is 5.21. The molecule has 2 fully saturated rings. The first-order valence-electron chi connectivity index (χ1n) is 8.28. The number of hydrogen-bond donors (Lipinski definition) is 6. The summed E-state index contributed by atoms with van der Waals surface area (Å²) in [6, 6.07) is -1.43. The first-order chi connectivity index (χ1) is 11.3. The Morgan fingerprint density at radius 2 is 1.67 bits per heavy atom. The number of rotatable bonds is 5. The molecule has 1 saturated heterocycles. The largest absolute Gasteiger partial charge is 0.396 e. The molecule has 8 N–H and O–H groups in total. The quantitative estimate of drug-likeness (QED) is 0.302. The maximum absolute atomic E-state index is 10.4. The zero-order valence-corrected chi connectivity index (χ0v) is 14.1. The van der Waals surface area contributed by atoms with Crippen molar-refractivity contribution in [3.8, 4) is 0 Å². The number of ether oxygens (including phenoxy) is 3. The summed E-state index contributed by atoms with van der Waals surface area (Å²) in [7, 11) is 1.45. The monoisotopic (exact) mass is 350 g/mol. The molecule has 1 aliphatic carbocycles. The number of methoxy groups -OCH3 is 1. The number of nitrogens with two attached hydrogens (primary N) is 2. The highest BCUT2D eigenvalue weighted by Crippen LogP contribution is 2.32. The van der Waals surface area contributed by atoms with Gasteiger partial charge in [0.2, 0.25) is 0 Å². The molecule has 0 aromatic heterocycles. The van der Waals surface area contributed by atoms with Crippen molar-refractivity contribution < 1.29 is 34.6 Å². The van der Waals surface area contributed by atoms with Gasteiger partial charge in [-0.1, -0.05) is 0 Å². The lowest BCUT2D eigenvalue weighted by Crippen LogP contribution is -2.65. The Labute approximate surface area is 141 Å². The van der Waals surface area contributed by atoms with Gasteiger partial charge < -0.3 is 46.1 Å². The van der Waals surface area contributed by atoms with Crippen LogP contribution in [0.3, 0.4) is 0 Å². The summed E-state index contributed by atoms with van der Waals surface area (Å²) >= 11 is 0. The molecule has 9 nitrogen and oxygen atoms in total. The third-order valence-electron chi connectivity index (χ3n) is 5.21. The molecule has 24 heavy (non-hydrogen) atoms. The highest BCUT2D eigenvalue weighted by atomic mass is 16.6. The highest BCUT2D eigenvalue weighted by molar-refractivity contribution is 4.99. The Balaban J connectivity index is 2.12. The summed E-state index contributed by atoms with van der Waals surface area (Å²) in [6.45, 7) is 1.19. The summed E-state index contributed by atoms with van der Waals surface area (Å²) in [6.07, 6.45) is -4.98. The van der Waals surface area contributed by atoms with Gasteiger partial charge >= 0.3 is 0 Å². The summed E-state index contributed by atoms with van der Waals surface area (Å²) in [5.74, 6) is -0.350. The van der Waals surface area contributed by atoms with E-state index in [0.717, 1.165) is 0 Å². The predicted octanol–water partition coefficient (Wildman–Crippen LogP) is -3.08. The van der Waals surface area contributed by atoms with Crippen LogP contribution < -0.4 is 11.5 Å². The van der Waals surface area contributed by atoms with Gasteiger partial charge in [-0.15, -0.1) is 0 Å². The molecule has 4 unspecified atom stereocenters. The first kappa shape index (κ1) is 20.0. The molecule has 1 aliphatic heterocycles. The highest BCUT2D eigenvalue weighted by Gasteiger charge is 2.48. The standard InChI is InChI=1S/C15H30N2O7/c1-6-10(16)12(20)15(9(5-19)23-6)24-8-3-7(4-18)14(22-2)13(21)11(8)17/h6-15,18-21H,3-5,16-17H2,1-2H3/t6-,7?,8+,9-,10?,11?,12?,13+,14+,15+/m0/s1. The van der Waals surface area contributed by atoms with Crippen LogP contribution in [0, 0.1) is 5.92 Å². The van der Waals surface area contributed by atoms with Crippen molar-refractivity contribution in [2.24, 2.45) is 17.4 Å². The Morgan fingerprint density at radius 1 is 1.04 bits per heavy atom. The molecule has 0 spiro atoms. The van der Waals surface area contributed by atoms with E-state index in [4.69, 9.17) is 25.7 Å². The second-order valence-corrected chi connectivity index (χ2v) is 6.72. The average molecular weight is 350 g/mol. The average Bonchev–Trinajstić information content (AvgIpc) is 2.58. The van der Waals surface area contributed by atoms with E-state index in [1.54, 1.807) is 6.92 Å². The SMILES string of the molecule is CO[C@@H]1C(CO)C[C@@H](O[C@H]2C(O)C(N)[C@H](C)O[C@H]2CO)C(N)[C@H]1O. The van der Waals surface area contributed by atoms with Crippen molar-refractivity contribution in [3.63, 3.8) is 0 Å². The topological polar surface area (TPSA) is 161 Å². The zero-order valence-electron chi connectivity index (χ0n) is 14.1. The van der Waals surface area contributed by atoms with Crippen LogP contribution in [0.4, 0.5) is 0 Å². The fourth-order valence-electron chi connectivity index (χ4n) is 3.64. The molecule has 2 rings (SSSR count). The van der Waals surface area contributed by atoms with E-state index >= 15 is 0 Å². The van der Waals surface area contributed by atoms with Gasteiger partial charge in [0.15, 0.2) is 0 Å². The maximum Gasteiger partial charge on any atom is 0.114 e. The smallest absolute Gasteiger partial charge is 0.114 e. The molecule has 0 radical (unpaired) electrons. The summed E-state index contributed by atoms with van der Waals surface area (Å²) in [5, 5.41) is 39.7. The van der Waals surface area contributed by atoms with Crippen molar-refractivity contribution >= 4 is 0 Å². The molecular formula is C15H30N2O7. The van der Waals surface area contributed by atoms with Crippen LogP contribution in [-0.2, 0) is 14.2 Å². The van der Waals surface area contributed by atoms with Crippen LogP contribution in [0.5, 0.6) is 0 Å². The first-order valence-corrected chi connectivity index (χ1v) is 8.28. The van der Waals surface area contributed by atoms with Crippen LogP contribution in [0.2, 0.25) is 0 Å². The van der Waals surface area contributed by atoms with E-state index < -0.39 is 54.8 Å². The maximum atomic E-state index is 10.4. The Hall–Kier alpha value is -0.360. The van der Waals surface area contributed by atoms with Gasteiger partial charge in [0.25, 0.3) is 0 Å². The van der Waals surface area contributed by atoms with Crippen molar-refractivity contribution in [2.45, 2.75) is 68.2 Å². The summed E-state index contributed by atoms with van der Waals surface area (Å²) < 4.78 is 16.7. The second kappa shape index (κ2) is 8.35. The summed E-state index contributed by atoms with van der Waals surface area (Å²) in [5.41, 5.74) is 12.0. The lowest BCUT2D eigenvalue weighted by molar-refractivity contribution is -0.232. The predicted molar refractivity (Wildman–Crippen MR) is 84.0 cm³/mol. The van der Waals surface area contributed by atoms with Crippen LogP contribution in [0.15, 0.2) is 0 Å². The van der Waals surface area contributed by atoms with E-state index in [0.29, 0.717) is 6.42 Å².